The van der Waals surface area contributed by atoms with E-state index in [0.29, 0.717) is 17.2 Å². The Morgan fingerprint density at radius 1 is 1.29 bits per heavy atom. The van der Waals surface area contributed by atoms with Crippen LogP contribution in [0.1, 0.15) is 36.5 Å². The summed E-state index contributed by atoms with van der Waals surface area (Å²) in [7, 11) is 0. The molecule has 0 atom stereocenters. The molecule has 11 nitrogen and oxygen atoms in total. The second kappa shape index (κ2) is 8.65. The van der Waals surface area contributed by atoms with Gasteiger partial charge in [0.1, 0.15) is 17.6 Å². The molecule has 0 aromatic carbocycles. The van der Waals surface area contributed by atoms with Gasteiger partial charge in [0.05, 0.1) is 18.3 Å². The Morgan fingerprint density at radius 3 is 2.77 bits per heavy atom. The van der Waals surface area contributed by atoms with Crippen molar-refractivity contribution in [2.75, 3.05) is 5.32 Å². The number of nitriles is 2. The number of hydrogen-bond donors (Lipinski definition) is 3. The van der Waals surface area contributed by atoms with Gasteiger partial charge in [0.25, 0.3) is 5.91 Å². The van der Waals surface area contributed by atoms with Crippen LogP contribution in [0.5, 0.6) is 0 Å². The fraction of sp³-hybridized carbons (Fsp3) is 0.211. The van der Waals surface area contributed by atoms with Crippen molar-refractivity contribution < 1.29 is 9.59 Å². The van der Waals surface area contributed by atoms with Gasteiger partial charge in [0.15, 0.2) is 22.7 Å². The van der Waals surface area contributed by atoms with Gasteiger partial charge in [-0.3, -0.25) is 14.9 Å². The largest absolute Gasteiger partial charge is 0.345 e. The van der Waals surface area contributed by atoms with Crippen molar-refractivity contribution in [3.63, 3.8) is 0 Å². The highest BCUT2D eigenvalue weighted by Crippen LogP contribution is 2.23. The van der Waals surface area contributed by atoms with E-state index in [1.165, 1.54) is 22.8 Å². The quantitative estimate of drug-likeness (QED) is 0.389. The molecule has 3 N–H and O–H groups in total. The smallest absolute Gasteiger partial charge is 0.270 e. The maximum absolute atomic E-state index is 12.6. The number of pyridine rings is 1. The van der Waals surface area contributed by atoms with E-state index >= 15 is 0 Å². The number of aromatic nitrogens is 4. The fourth-order valence-electron chi connectivity index (χ4n) is 2.80. The van der Waals surface area contributed by atoms with Crippen LogP contribution in [0.25, 0.3) is 5.65 Å². The Labute approximate surface area is 181 Å². The highest BCUT2D eigenvalue weighted by Gasteiger charge is 2.25. The Morgan fingerprint density at radius 2 is 2.06 bits per heavy atom. The highest BCUT2D eigenvalue weighted by molar-refractivity contribution is 6.29. The summed E-state index contributed by atoms with van der Waals surface area (Å²) >= 11 is 6.05. The van der Waals surface area contributed by atoms with E-state index in [1.54, 1.807) is 32.2 Å². The molecule has 3 rings (SSSR count). The molecule has 12 heteroatoms. The van der Waals surface area contributed by atoms with Gasteiger partial charge in [-0.15, -0.1) is 0 Å². The number of imidazole rings is 1. The first-order valence-corrected chi connectivity index (χ1v) is 9.29. The Hall–Kier alpha value is -4.22. The summed E-state index contributed by atoms with van der Waals surface area (Å²) in [5.41, 5.74) is 0.222. The molecule has 0 saturated heterocycles. The summed E-state index contributed by atoms with van der Waals surface area (Å²) in [5.74, 6) is -0.673. The van der Waals surface area contributed by atoms with E-state index < -0.39 is 17.4 Å². The molecule has 3 aromatic heterocycles. The zero-order chi connectivity index (χ0) is 22.6. The van der Waals surface area contributed by atoms with Gasteiger partial charge in [-0.25, -0.2) is 9.97 Å². The maximum atomic E-state index is 12.6. The van der Waals surface area contributed by atoms with Gasteiger partial charge in [-0.05, 0) is 26.0 Å². The number of anilines is 2. The number of amides is 2. The SMILES string of the molecule is CC(C)(CC(=O)NC#N)NC(=O)c1cccc(Nc2cc(Cl)nn3c(C#N)cnc23)n1. The molecule has 0 bridgehead atoms. The van der Waals surface area contributed by atoms with Crippen molar-refractivity contribution >= 4 is 40.6 Å². The lowest BCUT2D eigenvalue weighted by Gasteiger charge is -2.25. The number of hydrogen-bond acceptors (Lipinski definition) is 8. The van der Waals surface area contributed by atoms with Crippen molar-refractivity contribution in [2.45, 2.75) is 25.8 Å². The molecule has 0 fully saturated rings. The molecule has 31 heavy (non-hydrogen) atoms. The highest BCUT2D eigenvalue weighted by atomic mass is 35.5. The van der Waals surface area contributed by atoms with E-state index in [-0.39, 0.29) is 23.0 Å². The molecule has 0 aliphatic heterocycles. The van der Waals surface area contributed by atoms with Gasteiger partial charge in [-0.1, -0.05) is 17.7 Å². The minimum Gasteiger partial charge on any atom is -0.345 e. The lowest BCUT2D eigenvalue weighted by molar-refractivity contribution is -0.121. The molecule has 3 aromatic rings. The number of nitrogens with one attached hydrogen (secondary N) is 3. The molecule has 0 unspecified atom stereocenters. The summed E-state index contributed by atoms with van der Waals surface area (Å²) in [6.45, 7) is 3.31. The third-order valence-corrected chi connectivity index (χ3v) is 4.23. The van der Waals surface area contributed by atoms with E-state index in [0.717, 1.165) is 0 Å². The number of carbonyl (C=O) groups is 2. The Balaban J connectivity index is 1.81. The zero-order valence-electron chi connectivity index (χ0n) is 16.5. The number of fused-ring (bicyclic) bond motifs is 1. The van der Waals surface area contributed by atoms with Gasteiger partial charge in [0, 0.05) is 11.6 Å². The average molecular weight is 438 g/mol. The van der Waals surface area contributed by atoms with Crippen LogP contribution in [0, 0.1) is 22.8 Å². The topological polar surface area (TPSA) is 161 Å². The molecule has 0 saturated carbocycles. The number of nitrogens with zero attached hydrogens (tertiary/aromatic N) is 6. The van der Waals surface area contributed by atoms with Crippen molar-refractivity contribution in [3.8, 4) is 12.3 Å². The lowest BCUT2D eigenvalue weighted by atomic mass is 10.00. The van der Waals surface area contributed by atoms with Crippen LogP contribution in [0.4, 0.5) is 11.5 Å². The van der Waals surface area contributed by atoms with Crippen LogP contribution >= 0.6 is 11.6 Å². The zero-order valence-corrected chi connectivity index (χ0v) is 17.2. The standard InChI is InChI=1S/C19H16ClN9O2/c1-19(2,7-16(30)24-10-22)27-18(31)12-4-3-5-15(25-12)26-13-6-14(20)28-29-11(8-21)9-23-17(13)29/h3-6,9H,7H2,1-2H3,(H,24,30)(H,25,26)(H,27,31). The van der Waals surface area contributed by atoms with Crippen LogP contribution in [-0.2, 0) is 4.79 Å². The summed E-state index contributed by atoms with van der Waals surface area (Å²) in [5, 5.41) is 29.6. The predicted octanol–water partition coefficient (Wildman–Crippen LogP) is 1.89. The normalized spacial score (nSPS) is 10.7. The second-order valence-electron chi connectivity index (χ2n) is 7.08. The van der Waals surface area contributed by atoms with Crippen molar-refractivity contribution in [1.82, 2.24) is 30.2 Å². The number of rotatable bonds is 6. The second-order valence-corrected chi connectivity index (χ2v) is 7.47. The van der Waals surface area contributed by atoms with Crippen molar-refractivity contribution in [1.29, 1.82) is 10.5 Å². The molecule has 0 spiro atoms. The van der Waals surface area contributed by atoms with Crippen LogP contribution in [0.15, 0.2) is 30.5 Å². The summed E-state index contributed by atoms with van der Waals surface area (Å²) in [4.78, 5) is 32.7. The third kappa shape index (κ3) is 5.04. The molecule has 156 valence electrons. The maximum Gasteiger partial charge on any atom is 0.270 e. The monoisotopic (exact) mass is 437 g/mol. The van der Waals surface area contributed by atoms with E-state index in [4.69, 9.17) is 22.1 Å². The minimum atomic E-state index is -0.905. The summed E-state index contributed by atoms with van der Waals surface area (Å²) in [6, 6.07) is 8.29. The Bertz CT molecular complexity index is 1250. The first-order chi connectivity index (χ1) is 14.7. The van der Waals surface area contributed by atoms with Crippen molar-refractivity contribution in [2.24, 2.45) is 0 Å². The van der Waals surface area contributed by atoms with Gasteiger partial charge in [0.2, 0.25) is 5.91 Å². The van der Waals surface area contributed by atoms with Crippen molar-refractivity contribution in [3.05, 3.63) is 47.0 Å². The third-order valence-electron chi connectivity index (χ3n) is 4.05. The van der Waals surface area contributed by atoms with Crippen LogP contribution in [-0.4, -0.2) is 36.9 Å². The molecule has 0 aliphatic carbocycles. The van der Waals surface area contributed by atoms with Gasteiger partial charge >= 0.3 is 0 Å². The average Bonchev–Trinajstić information content (AvgIpc) is 3.10. The first-order valence-electron chi connectivity index (χ1n) is 8.91. The predicted molar refractivity (Wildman–Crippen MR) is 110 cm³/mol. The number of halogens is 1. The summed E-state index contributed by atoms with van der Waals surface area (Å²) < 4.78 is 1.30. The molecule has 3 heterocycles. The number of carbonyl (C=O) groups excluding carboxylic acids is 2. The molecule has 0 aliphatic rings. The fourth-order valence-corrected chi connectivity index (χ4v) is 2.98. The van der Waals surface area contributed by atoms with Crippen LogP contribution in [0.3, 0.4) is 0 Å². The Kier molecular flexibility index (Phi) is 6.00. The van der Waals surface area contributed by atoms with E-state index in [2.05, 4.69) is 25.7 Å². The lowest BCUT2D eigenvalue weighted by Crippen LogP contribution is -2.46. The molecular formula is C19H16ClN9O2. The minimum absolute atomic E-state index is 0.0845. The van der Waals surface area contributed by atoms with E-state index in [1.807, 2.05) is 11.4 Å². The summed E-state index contributed by atoms with van der Waals surface area (Å²) in [6.07, 6.45) is 2.84. The van der Waals surface area contributed by atoms with Gasteiger partial charge in [-0.2, -0.15) is 20.1 Å². The molecular weight excluding hydrogens is 422 g/mol. The first kappa shape index (κ1) is 21.5. The van der Waals surface area contributed by atoms with Crippen LogP contribution < -0.4 is 16.0 Å². The van der Waals surface area contributed by atoms with E-state index in [9.17, 15) is 9.59 Å². The molecule has 2 amide bonds. The molecule has 0 radical (unpaired) electrons. The van der Waals surface area contributed by atoms with Gasteiger partial charge < -0.3 is 10.6 Å². The van der Waals surface area contributed by atoms with Crippen LogP contribution in [0.2, 0.25) is 5.15 Å².